The lowest BCUT2D eigenvalue weighted by Gasteiger charge is -2.51. The third kappa shape index (κ3) is 1.81. The Kier molecular flexibility index (Phi) is 1.46. The molecule has 1 aromatic carbocycles. The smallest absolute Gasteiger partial charge is 0.254 e. The van der Waals surface area contributed by atoms with Gasteiger partial charge in [0.2, 0.25) is 0 Å². The largest absolute Gasteiger partial charge is 0.333 e. The number of hydrogen-bond donors (Lipinski definition) is 0. The maximum absolute atomic E-state index is 13.6. The Bertz CT molecular complexity index is 1030. The zero-order valence-corrected chi connectivity index (χ0v) is 12.1. The number of nitrogens with zero attached hydrogens (tertiary/aromatic N) is 2. The SMILES string of the molecule is [2H]C1([2H])CC[C@@H]2CN([C@]3([2H])C([2H])([2H])N4CC[C@]3([2H])C([2H])([2H])C4([2H])[2H])C(=O)c3cccc1c32. The molecule has 4 atom stereocenters. The fraction of sp³-hybridized carbons (Fsp3) is 0.632. The minimum Gasteiger partial charge on any atom is -0.333 e. The van der Waals surface area contributed by atoms with Gasteiger partial charge in [-0.2, -0.15) is 0 Å². The van der Waals surface area contributed by atoms with Gasteiger partial charge >= 0.3 is 0 Å². The molecule has 3 fully saturated rings. The van der Waals surface area contributed by atoms with Gasteiger partial charge in [0.15, 0.2) is 0 Å². The van der Waals surface area contributed by atoms with Crippen molar-refractivity contribution < 1.29 is 18.5 Å². The molecule has 3 heteroatoms. The Labute approximate surface area is 146 Å². The van der Waals surface area contributed by atoms with Crippen LogP contribution in [-0.2, 0) is 6.37 Å². The first-order chi connectivity index (χ1) is 14.6. The number of carbonyl (C=O) groups excluding carboxylic acids is 1. The summed E-state index contributed by atoms with van der Waals surface area (Å²) in [7, 11) is 0. The molecule has 4 aliphatic heterocycles. The number of rotatable bonds is 1. The first-order valence-corrected chi connectivity index (χ1v) is 7.79. The van der Waals surface area contributed by atoms with Crippen LogP contribution >= 0.6 is 0 Å². The lowest BCUT2D eigenvalue weighted by molar-refractivity contribution is 0.00258. The second kappa shape index (κ2) is 4.82. The summed E-state index contributed by atoms with van der Waals surface area (Å²) in [6.07, 6.45) is -4.28. The van der Waals surface area contributed by atoms with Crippen LogP contribution in [0.2, 0.25) is 0 Å². The Morgan fingerprint density at radius 1 is 1.32 bits per heavy atom. The summed E-state index contributed by atoms with van der Waals surface area (Å²) in [5.74, 6) is -3.68. The van der Waals surface area contributed by atoms with E-state index in [0.717, 1.165) is 4.90 Å². The molecule has 1 unspecified atom stereocenters. The van der Waals surface area contributed by atoms with Crippen LogP contribution < -0.4 is 0 Å². The fourth-order valence-electron chi connectivity index (χ4n) is 3.85. The summed E-state index contributed by atoms with van der Waals surface area (Å²) in [6, 6.07) is 1.98. The van der Waals surface area contributed by atoms with Gasteiger partial charge in [-0.3, -0.25) is 4.79 Å². The van der Waals surface area contributed by atoms with Crippen LogP contribution in [0, 0.1) is 5.89 Å². The number of amides is 1. The molecule has 1 aliphatic carbocycles. The number of carbonyl (C=O) groups is 1. The Hall–Kier alpha value is -1.35. The van der Waals surface area contributed by atoms with E-state index in [1.165, 1.54) is 6.07 Å². The third-order valence-corrected chi connectivity index (χ3v) is 4.92. The highest BCUT2D eigenvalue weighted by Gasteiger charge is 2.43. The van der Waals surface area contributed by atoms with Gasteiger partial charge in [0.25, 0.3) is 5.91 Å². The highest BCUT2D eigenvalue weighted by atomic mass is 16.2. The molecular weight excluding hydrogens is 272 g/mol. The van der Waals surface area contributed by atoms with E-state index in [2.05, 4.69) is 0 Å². The molecule has 4 heterocycles. The summed E-state index contributed by atoms with van der Waals surface area (Å²) >= 11 is 0. The lowest BCUT2D eigenvalue weighted by atomic mass is 9.75. The molecule has 0 spiro atoms. The highest BCUT2D eigenvalue weighted by molar-refractivity contribution is 5.97. The summed E-state index contributed by atoms with van der Waals surface area (Å²) in [5, 5.41) is 0. The van der Waals surface area contributed by atoms with Crippen molar-refractivity contribution in [1.29, 1.82) is 0 Å². The van der Waals surface area contributed by atoms with E-state index in [-0.39, 0.29) is 37.4 Å². The molecule has 0 radical (unpaired) electrons. The van der Waals surface area contributed by atoms with Crippen LogP contribution in [0.1, 0.15) is 66.7 Å². The van der Waals surface area contributed by atoms with E-state index in [1.54, 1.807) is 12.1 Å². The van der Waals surface area contributed by atoms with Gasteiger partial charge < -0.3 is 9.80 Å². The molecule has 22 heavy (non-hydrogen) atoms. The molecule has 1 aromatic rings. The first kappa shape index (κ1) is 6.64. The number of fused-ring (bicyclic) bond motifs is 3. The molecule has 0 N–H and O–H groups in total. The van der Waals surface area contributed by atoms with E-state index in [1.807, 2.05) is 0 Å². The van der Waals surface area contributed by atoms with E-state index in [0.29, 0.717) is 22.4 Å². The summed E-state index contributed by atoms with van der Waals surface area (Å²) in [4.78, 5) is 15.2. The Morgan fingerprint density at radius 3 is 3.23 bits per heavy atom. The molecule has 1 amide bonds. The van der Waals surface area contributed by atoms with Crippen molar-refractivity contribution in [3.05, 3.63) is 34.9 Å². The average molecular weight is 306 g/mol. The van der Waals surface area contributed by atoms with Crippen molar-refractivity contribution in [1.82, 2.24) is 9.80 Å². The van der Waals surface area contributed by atoms with Crippen molar-refractivity contribution in [3.8, 4) is 0 Å². The number of benzene rings is 1. The molecule has 116 valence electrons. The van der Waals surface area contributed by atoms with Gasteiger partial charge in [-0.1, -0.05) is 12.1 Å². The zero-order valence-electron chi connectivity index (χ0n) is 22.1. The van der Waals surface area contributed by atoms with Crippen LogP contribution in [-0.4, -0.2) is 47.8 Å². The molecule has 6 rings (SSSR count). The summed E-state index contributed by atoms with van der Waals surface area (Å²) in [5.41, 5.74) is 1.10. The van der Waals surface area contributed by atoms with Crippen LogP contribution in [0.25, 0.3) is 0 Å². The Balaban J connectivity index is 1.71. The molecule has 3 saturated heterocycles. The molecule has 2 bridgehead atoms. The van der Waals surface area contributed by atoms with E-state index in [4.69, 9.17) is 12.3 Å². The predicted molar refractivity (Wildman–Crippen MR) is 86.1 cm³/mol. The topological polar surface area (TPSA) is 23.6 Å². The maximum Gasteiger partial charge on any atom is 0.254 e. The minimum absolute atomic E-state index is 0.143. The van der Waals surface area contributed by atoms with Gasteiger partial charge in [-0.25, -0.2) is 0 Å². The van der Waals surface area contributed by atoms with Crippen molar-refractivity contribution in [2.45, 2.75) is 43.9 Å². The van der Waals surface area contributed by atoms with Crippen LogP contribution in [0.5, 0.6) is 0 Å². The lowest BCUT2D eigenvalue weighted by Crippen LogP contribution is -2.60. The number of hydrogen-bond acceptors (Lipinski definition) is 2. The fourth-order valence-corrected chi connectivity index (χ4v) is 3.85. The van der Waals surface area contributed by atoms with Crippen LogP contribution in [0.3, 0.4) is 0 Å². The second-order valence-corrected chi connectivity index (χ2v) is 6.17. The number of aryl methyl sites for hydroxylation is 1. The van der Waals surface area contributed by atoms with Gasteiger partial charge in [-0.15, -0.1) is 0 Å². The zero-order chi connectivity index (χ0) is 23.7. The quantitative estimate of drug-likeness (QED) is 0.796. The molecular formula is C19H24N2O. The Morgan fingerprint density at radius 2 is 2.27 bits per heavy atom. The average Bonchev–Trinajstić information content (AvgIpc) is 2.69. The van der Waals surface area contributed by atoms with E-state index < -0.39 is 43.6 Å². The van der Waals surface area contributed by atoms with E-state index >= 15 is 0 Å². The van der Waals surface area contributed by atoms with Gasteiger partial charge in [0, 0.05) is 42.9 Å². The summed E-state index contributed by atoms with van der Waals surface area (Å²) in [6.45, 7) is -6.03. The monoisotopic (exact) mass is 306 g/mol. The standard InChI is InChI=1S/C19H24N2O/c22-19-16-6-2-4-14-3-1-5-15(18(14)16)11-21(19)17-12-20-9-7-13(17)8-10-20/h2,4,6,13,15,17H,1,3,5,7-12H2/t15-,17-/m1/s1/i3D2,7D2,9D2,12D2,13D,17D/t13-,15+,17+/m0. The van der Waals surface area contributed by atoms with Crippen molar-refractivity contribution in [2.24, 2.45) is 5.89 Å². The van der Waals surface area contributed by atoms with Crippen LogP contribution in [0.15, 0.2) is 18.2 Å². The van der Waals surface area contributed by atoms with Gasteiger partial charge in [0.1, 0.15) is 0 Å². The van der Waals surface area contributed by atoms with E-state index in [9.17, 15) is 6.17 Å². The van der Waals surface area contributed by atoms with Crippen molar-refractivity contribution in [3.63, 3.8) is 0 Å². The first-order valence-electron chi connectivity index (χ1n) is 12.8. The molecule has 3 nitrogen and oxygen atoms in total. The minimum atomic E-state index is -2.92. The predicted octanol–water partition coefficient (Wildman–Crippen LogP) is 2.66. The summed E-state index contributed by atoms with van der Waals surface area (Å²) < 4.78 is 85.7. The second-order valence-electron chi connectivity index (χ2n) is 6.17. The van der Waals surface area contributed by atoms with Crippen molar-refractivity contribution >= 4 is 5.91 Å². The van der Waals surface area contributed by atoms with Crippen LogP contribution in [0.4, 0.5) is 0 Å². The normalized spacial score (nSPS) is 58.9. The third-order valence-electron chi connectivity index (χ3n) is 4.92. The molecule has 0 aromatic heterocycles. The van der Waals surface area contributed by atoms with Gasteiger partial charge in [-0.05, 0) is 68.1 Å². The van der Waals surface area contributed by atoms with Crippen molar-refractivity contribution in [2.75, 3.05) is 26.1 Å². The molecule has 0 saturated carbocycles. The molecule has 5 aliphatic rings. The maximum atomic E-state index is 13.6. The van der Waals surface area contributed by atoms with Gasteiger partial charge in [0.05, 0.1) is 1.37 Å². The number of piperidine rings is 3. The highest BCUT2D eigenvalue weighted by Crippen LogP contribution is 2.41.